The number of H-pyrrole nitrogens is 1. The van der Waals surface area contributed by atoms with Gasteiger partial charge in [-0.15, -0.1) is 11.6 Å². The monoisotopic (exact) mass is 745 g/mol. The number of alkyl halides is 1. The number of carbonyl (C=O) groups is 2. The van der Waals surface area contributed by atoms with Crippen molar-refractivity contribution in [2.24, 2.45) is 5.92 Å². The minimum Gasteiger partial charge on any atom is -0.464 e. The molecule has 1 amide bonds. The number of rotatable bonds is 20. The largest absolute Gasteiger partial charge is 0.480 e. The number of aromatic nitrogens is 4. The Balaban J connectivity index is 1.68. The number of hydrogen-bond donors (Lipinski definition) is 7. The normalized spacial score (nSPS) is 22.8. The average Bonchev–Trinajstić information content (AvgIpc) is 3.56. The Labute approximate surface area is 280 Å². The molecule has 0 radical (unpaired) electrons. The van der Waals surface area contributed by atoms with Gasteiger partial charge in [-0.2, -0.15) is 9.29 Å². The van der Waals surface area contributed by atoms with Gasteiger partial charge < -0.3 is 35.6 Å². The van der Waals surface area contributed by atoms with Crippen LogP contribution in [-0.4, -0.2) is 103 Å². The molecule has 23 heteroatoms. The van der Waals surface area contributed by atoms with E-state index >= 15 is 0 Å². The minimum absolute atomic E-state index is 0.0736. The van der Waals surface area contributed by atoms with Crippen LogP contribution in [0.15, 0.2) is 11.1 Å². The molecular weight excluding hydrogens is 704 g/mol. The van der Waals surface area contributed by atoms with Crippen LogP contribution >= 0.6 is 27.2 Å². The summed E-state index contributed by atoms with van der Waals surface area (Å²) in [6.45, 7) is 3.76. The van der Waals surface area contributed by atoms with Gasteiger partial charge in [0.25, 0.3) is 5.56 Å². The van der Waals surface area contributed by atoms with Crippen molar-refractivity contribution in [1.29, 1.82) is 0 Å². The molecule has 2 unspecified atom stereocenters. The number of fused-ring (bicyclic) bond motifs is 1. The molecule has 1 aliphatic heterocycles. The number of carbonyl (C=O) groups excluding carboxylic acids is 2. The van der Waals surface area contributed by atoms with E-state index in [4.69, 9.17) is 40.2 Å². The van der Waals surface area contributed by atoms with Gasteiger partial charge in [0, 0.05) is 6.54 Å². The number of ether oxygens (including phenoxy) is 2. The topological polar surface area (TPSA) is 289 Å². The molecule has 1 fully saturated rings. The van der Waals surface area contributed by atoms with E-state index in [-0.39, 0.29) is 42.1 Å². The van der Waals surface area contributed by atoms with Gasteiger partial charge in [0.1, 0.15) is 30.2 Å². The molecule has 1 saturated heterocycles. The van der Waals surface area contributed by atoms with Crippen LogP contribution in [0.4, 0.5) is 5.95 Å². The fourth-order valence-electron chi connectivity index (χ4n) is 4.78. The summed E-state index contributed by atoms with van der Waals surface area (Å²) in [7, 11) is -10.2. The Bertz CT molecular complexity index is 1540. The van der Waals surface area contributed by atoms with Crippen LogP contribution in [-0.2, 0) is 41.6 Å². The lowest BCUT2D eigenvalue weighted by atomic mass is 9.99. The lowest BCUT2D eigenvalue weighted by Gasteiger charge is -2.25. The van der Waals surface area contributed by atoms with Crippen molar-refractivity contribution < 1.29 is 56.7 Å². The van der Waals surface area contributed by atoms with Crippen LogP contribution in [0.3, 0.4) is 0 Å². The number of phosphoric acid groups is 1. The highest BCUT2D eigenvalue weighted by Gasteiger charge is 2.46. The summed E-state index contributed by atoms with van der Waals surface area (Å²) in [5.74, 6) is -1.91. The van der Waals surface area contributed by atoms with Crippen molar-refractivity contribution in [3.63, 3.8) is 0 Å². The number of amides is 1. The van der Waals surface area contributed by atoms with E-state index in [2.05, 4.69) is 25.4 Å². The molecule has 0 aromatic carbocycles. The summed E-state index contributed by atoms with van der Waals surface area (Å²) in [5.41, 5.74) is 4.73. The van der Waals surface area contributed by atoms with Gasteiger partial charge in [0.15, 0.2) is 17.4 Å². The average molecular weight is 746 g/mol. The standard InChI is InChI=1S/C25H42ClN7O13P2/c1-4-6-15(7-5-2)11-42-24(38)14(3)32-47(39,43-9-8-28-17(34)10-26)46-48(40,41)44-12-16-19(35)20(36)23(45-16)33-13-29-18-21(33)30-25(27)31-22(18)37/h13-16,19-20,23,35-36H,4-12H2,1-3H3,(H,28,34)(H,32,39)(H,40,41)(H3,27,30,31,37)/t14-,16+,19+,20+,23+,47?/m0/s1. The van der Waals surface area contributed by atoms with Crippen LogP contribution in [0.25, 0.3) is 11.2 Å². The number of imidazole rings is 1. The SMILES string of the molecule is CCCC(CCC)COC(=O)[C@H](C)NP(=O)(OCCNC(=O)CCl)OP(=O)(O)OC[C@H]1O[C@@H](n2cnc3c(=O)[nH]c(N)nc32)[C@H](O)[C@@H]1O. The zero-order valence-corrected chi connectivity index (χ0v) is 29.1. The predicted molar refractivity (Wildman–Crippen MR) is 169 cm³/mol. The summed E-state index contributed by atoms with van der Waals surface area (Å²) >= 11 is 5.43. The highest BCUT2D eigenvalue weighted by Crippen LogP contribution is 2.61. The van der Waals surface area contributed by atoms with Crippen LogP contribution in [0, 0.1) is 5.92 Å². The number of nitrogens with two attached hydrogens (primary N) is 1. The molecule has 2 aromatic heterocycles. The lowest BCUT2D eigenvalue weighted by molar-refractivity contribution is -0.146. The molecule has 272 valence electrons. The van der Waals surface area contributed by atoms with Crippen LogP contribution in [0.2, 0.25) is 0 Å². The van der Waals surface area contributed by atoms with Gasteiger partial charge in [0.05, 0.1) is 26.1 Å². The molecule has 0 saturated carbocycles. The van der Waals surface area contributed by atoms with E-state index in [1.807, 2.05) is 13.8 Å². The number of anilines is 1. The first-order valence-corrected chi connectivity index (χ1v) is 18.6. The maximum Gasteiger partial charge on any atom is 0.480 e. The van der Waals surface area contributed by atoms with Gasteiger partial charge >= 0.3 is 21.5 Å². The number of nitrogens with zero attached hydrogens (tertiary/aromatic N) is 3. The summed E-state index contributed by atoms with van der Waals surface area (Å²) in [5, 5.41) is 25.8. The van der Waals surface area contributed by atoms with Crippen LogP contribution in [0.5, 0.6) is 0 Å². The van der Waals surface area contributed by atoms with E-state index in [1.165, 1.54) is 6.92 Å². The Morgan fingerprint density at radius 3 is 2.54 bits per heavy atom. The van der Waals surface area contributed by atoms with Gasteiger partial charge in [0.2, 0.25) is 11.9 Å². The summed E-state index contributed by atoms with van der Waals surface area (Å²) in [6.07, 6.45) is -1.65. The number of phosphoric ester groups is 1. The number of hydrogen-bond acceptors (Lipinski definition) is 15. The molecule has 48 heavy (non-hydrogen) atoms. The van der Waals surface area contributed by atoms with Crippen molar-refractivity contribution in [3.8, 4) is 0 Å². The summed E-state index contributed by atoms with van der Waals surface area (Å²) < 4.78 is 53.7. The molecule has 20 nitrogen and oxygen atoms in total. The summed E-state index contributed by atoms with van der Waals surface area (Å²) in [6, 6.07) is -1.35. The number of nitrogens with one attached hydrogen (secondary N) is 3. The molecule has 8 N–H and O–H groups in total. The molecule has 2 aromatic rings. The van der Waals surface area contributed by atoms with Crippen molar-refractivity contribution >= 4 is 56.2 Å². The quantitative estimate of drug-likeness (QED) is 0.0424. The van der Waals surface area contributed by atoms with Crippen molar-refractivity contribution in [3.05, 3.63) is 16.7 Å². The molecule has 3 heterocycles. The summed E-state index contributed by atoms with van der Waals surface area (Å²) in [4.78, 5) is 56.9. The fourth-order valence-corrected chi connectivity index (χ4v) is 7.85. The van der Waals surface area contributed by atoms with E-state index in [1.54, 1.807) is 0 Å². The predicted octanol–water partition coefficient (Wildman–Crippen LogP) is 0.672. The second-order valence-electron chi connectivity index (χ2n) is 10.9. The van der Waals surface area contributed by atoms with Crippen molar-refractivity contribution in [2.75, 3.05) is 38.0 Å². The first kappa shape index (κ1) is 40.0. The zero-order chi connectivity index (χ0) is 35.6. The van der Waals surface area contributed by atoms with Crippen molar-refractivity contribution in [2.45, 2.75) is 77.0 Å². The molecule has 7 atom stereocenters. The van der Waals surface area contributed by atoms with E-state index in [0.29, 0.717) is 0 Å². The maximum atomic E-state index is 13.6. The molecule has 1 aliphatic rings. The van der Waals surface area contributed by atoms with E-state index in [0.717, 1.165) is 36.6 Å². The van der Waals surface area contributed by atoms with Crippen LogP contribution < -0.4 is 21.7 Å². The van der Waals surface area contributed by atoms with Crippen molar-refractivity contribution in [1.82, 2.24) is 29.9 Å². The Hall–Kier alpha value is -2.48. The third kappa shape index (κ3) is 11.0. The van der Waals surface area contributed by atoms with E-state index < -0.39 is 76.8 Å². The number of esters is 1. The van der Waals surface area contributed by atoms with Gasteiger partial charge in [-0.1, -0.05) is 26.7 Å². The van der Waals surface area contributed by atoms with E-state index in [9.17, 15) is 38.6 Å². The third-order valence-corrected chi connectivity index (χ3v) is 10.7. The fraction of sp³-hybridized carbons (Fsp3) is 0.720. The minimum atomic E-state index is -5.33. The molecule has 0 bridgehead atoms. The number of aliphatic hydroxyl groups is 2. The maximum absolute atomic E-state index is 13.6. The number of aliphatic hydroxyl groups excluding tert-OH is 2. The second kappa shape index (κ2) is 18.0. The number of nitrogen functional groups attached to an aromatic ring is 1. The van der Waals surface area contributed by atoms with Gasteiger partial charge in [-0.25, -0.2) is 19.2 Å². The third-order valence-electron chi connectivity index (χ3n) is 7.04. The Kier molecular flexibility index (Phi) is 14.9. The lowest BCUT2D eigenvalue weighted by Crippen LogP contribution is -2.36. The number of halogens is 1. The number of aromatic amines is 1. The molecular formula is C25H42ClN7O13P2. The van der Waals surface area contributed by atoms with Gasteiger partial charge in [-0.05, 0) is 25.7 Å². The van der Waals surface area contributed by atoms with Crippen LogP contribution in [0.1, 0.15) is 52.7 Å². The Morgan fingerprint density at radius 2 is 1.90 bits per heavy atom. The smallest absolute Gasteiger partial charge is 0.464 e. The highest BCUT2D eigenvalue weighted by atomic mass is 35.5. The Morgan fingerprint density at radius 1 is 1.21 bits per heavy atom. The van der Waals surface area contributed by atoms with Gasteiger partial charge in [-0.3, -0.25) is 33.0 Å². The highest BCUT2D eigenvalue weighted by molar-refractivity contribution is 7.63. The molecule has 3 rings (SSSR count). The zero-order valence-electron chi connectivity index (χ0n) is 26.5. The molecule has 0 aliphatic carbocycles. The first-order valence-electron chi connectivity index (χ1n) is 15.1. The molecule has 0 spiro atoms. The second-order valence-corrected chi connectivity index (χ2v) is 14.5. The first-order chi connectivity index (χ1) is 22.6.